The Balaban J connectivity index is 1.40. The minimum absolute atomic E-state index is 0.117. The predicted molar refractivity (Wildman–Crippen MR) is 102 cm³/mol. The molecule has 1 aromatic carbocycles. The number of nitrogens with one attached hydrogen (secondary N) is 1. The fourth-order valence-electron chi connectivity index (χ4n) is 3.36. The van der Waals surface area contributed by atoms with Gasteiger partial charge in [0.05, 0.1) is 12.6 Å². The van der Waals surface area contributed by atoms with Gasteiger partial charge in [-0.15, -0.1) is 0 Å². The number of hydrogen-bond acceptors (Lipinski definition) is 4. The lowest BCUT2D eigenvalue weighted by Gasteiger charge is -2.38. The molecule has 2 fully saturated rings. The minimum Gasteiger partial charge on any atom is -0.352 e. The second kappa shape index (κ2) is 8.64. The SMILES string of the molecule is CC(C(=O)NC1CC1)N1CCN(C(=O)CN(C)Cc2ccccc2)CC1. The Morgan fingerprint density at radius 2 is 1.81 bits per heavy atom. The Morgan fingerprint density at radius 1 is 1.15 bits per heavy atom. The fourth-order valence-corrected chi connectivity index (χ4v) is 3.36. The van der Waals surface area contributed by atoms with Crippen LogP contribution >= 0.6 is 0 Å². The van der Waals surface area contributed by atoms with Gasteiger partial charge in [0.15, 0.2) is 0 Å². The molecule has 0 bridgehead atoms. The summed E-state index contributed by atoms with van der Waals surface area (Å²) in [6.45, 7) is 6.05. The van der Waals surface area contributed by atoms with Crippen molar-refractivity contribution in [2.75, 3.05) is 39.8 Å². The number of rotatable bonds is 7. The van der Waals surface area contributed by atoms with Crippen molar-refractivity contribution in [1.29, 1.82) is 0 Å². The molecule has 26 heavy (non-hydrogen) atoms. The molecule has 142 valence electrons. The third-order valence-electron chi connectivity index (χ3n) is 5.22. The van der Waals surface area contributed by atoms with E-state index < -0.39 is 0 Å². The van der Waals surface area contributed by atoms with Crippen molar-refractivity contribution in [1.82, 2.24) is 20.0 Å². The first kappa shape index (κ1) is 18.9. The Bertz CT molecular complexity index is 609. The fraction of sp³-hybridized carbons (Fsp3) is 0.600. The van der Waals surface area contributed by atoms with Gasteiger partial charge < -0.3 is 10.2 Å². The Morgan fingerprint density at radius 3 is 2.42 bits per heavy atom. The molecule has 2 amide bonds. The minimum atomic E-state index is -0.117. The van der Waals surface area contributed by atoms with Crippen LogP contribution in [0.15, 0.2) is 30.3 Å². The van der Waals surface area contributed by atoms with E-state index in [0.717, 1.165) is 32.5 Å². The van der Waals surface area contributed by atoms with Crippen LogP contribution in [0, 0.1) is 0 Å². The maximum absolute atomic E-state index is 12.5. The molecule has 1 N–H and O–H groups in total. The van der Waals surface area contributed by atoms with E-state index in [1.54, 1.807) is 0 Å². The van der Waals surface area contributed by atoms with Gasteiger partial charge in [0.2, 0.25) is 11.8 Å². The molecule has 1 saturated carbocycles. The van der Waals surface area contributed by atoms with Crippen LogP contribution in [0.1, 0.15) is 25.3 Å². The average molecular weight is 358 g/mol. The number of benzene rings is 1. The van der Waals surface area contributed by atoms with E-state index >= 15 is 0 Å². The highest BCUT2D eigenvalue weighted by molar-refractivity contribution is 5.82. The second-order valence-electron chi connectivity index (χ2n) is 7.53. The standard InChI is InChI=1S/C20H30N4O2/c1-16(20(26)21-18-8-9-18)23-10-12-24(13-11-23)19(25)15-22(2)14-17-6-4-3-5-7-17/h3-7,16,18H,8-15H2,1-2H3,(H,21,26). The average Bonchev–Trinajstić information content (AvgIpc) is 3.46. The van der Waals surface area contributed by atoms with E-state index in [9.17, 15) is 9.59 Å². The lowest BCUT2D eigenvalue weighted by molar-refractivity contribution is -0.135. The summed E-state index contributed by atoms with van der Waals surface area (Å²) < 4.78 is 0. The summed E-state index contributed by atoms with van der Waals surface area (Å²) in [5.41, 5.74) is 1.21. The van der Waals surface area contributed by atoms with Crippen molar-refractivity contribution < 1.29 is 9.59 Å². The number of nitrogens with zero attached hydrogens (tertiary/aromatic N) is 3. The molecule has 1 atom stereocenters. The summed E-state index contributed by atoms with van der Waals surface area (Å²) in [5, 5.41) is 3.07. The molecule has 6 nitrogen and oxygen atoms in total. The molecular weight excluding hydrogens is 328 g/mol. The van der Waals surface area contributed by atoms with E-state index in [1.807, 2.05) is 37.1 Å². The first-order valence-corrected chi connectivity index (χ1v) is 9.57. The number of likely N-dealkylation sites (N-methyl/N-ethyl adjacent to an activating group) is 1. The van der Waals surface area contributed by atoms with Crippen LogP contribution in [-0.4, -0.2) is 78.4 Å². The van der Waals surface area contributed by atoms with Gasteiger partial charge in [-0.05, 0) is 32.4 Å². The van der Waals surface area contributed by atoms with Crippen molar-refractivity contribution >= 4 is 11.8 Å². The Hall–Kier alpha value is -1.92. The summed E-state index contributed by atoms with van der Waals surface area (Å²) in [5.74, 6) is 0.285. The van der Waals surface area contributed by atoms with Crippen molar-refractivity contribution in [3.8, 4) is 0 Å². The van der Waals surface area contributed by atoms with E-state index in [0.29, 0.717) is 25.7 Å². The maximum Gasteiger partial charge on any atom is 0.237 e. The molecule has 1 unspecified atom stereocenters. The highest BCUT2D eigenvalue weighted by atomic mass is 16.2. The zero-order valence-corrected chi connectivity index (χ0v) is 15.9. The van der Waals surface area contributed by atoms with E-state index in [-0.39, 0.29) is 17.9 Å². The number of amides is 2. The molecular formula is C20H30N4O2. The Kier molecular flexibility index (Phi) is 6.27. The van der Waals surface area contributed by atoms with Crippen LogP contribution in [0.25, 0.3) is 0 Å². The maximum atomic E-state index is 12.5. The highest BCUT2D eigenvalue weighted by Crippen LogP contribution is 2.19. The van der Waals surface area contributed by atoms with Crippen LogP contribution in [0.2, 0.25) is 0 Å². The van der Waals surface area contributed by atoms with Gasteiger partial charge in [0.25, 0.3) is 0 Å². The van der Waals surface area contributed by atoms with Crippen LogP contribution < -0.4 is 5.32 Å². The van der Waals surface area contributed by atoms with Gasteiger partial charge in [-0.1, -0.05) is 30.3 Å². The van der Waals surface area contributed by atoms with Gasteiger partial charge in [0.1, 0.15) is 0 Å². The first-order valence-electron chi connectivity index (χ1n) is 9.57. The molecule has 1 aliphatic heterocycles. The summed E-state index contributed by atoms with van der Waals surface area (Å²) in [6, 6.07) is 10.5. The Labute approximate surface area is 156 Å². The number of piperazine rings is 1. The zero-order chi connectivity index (χ0) is 18.5. The molecule has 1 saturated heterocycles. The van der Waals surface area contributed by atoms with Crippen molar-refractivity contribution in [2.45, 2.75) is 38.4 Å². The summed E-state index contributed by atoms with van der Waals surface area (Å²) >= 11 is 0. The van der Waals surface area contributed by atoms with Gasteiger partial charge >= 0.3 is 0 Å². The molecule has 1 aromatic rings. The summed E-state index contributed by atoms with van der Waals surface area (Å²) in [7, 11) is 1.98. The topological polar surface area (TPSA) is 55.9 Å². The molecule has 0 radical (unpaired) electrons. The molecule has 2 aliphatic rings. The molecule has 0 aromatic heterocycles. The molecule has 3 rings (SSSR count). The zero-order valence-electron chi connectivity index (χ0n) is 15.9. The van der Waals surface area contributed by atoms with E-state index in [1.165, 1.54) is 5.56 Å². The third kappa shape index (κ3) is 5.29. The number of carbonyl (C=O) groups excluding carboxylic acids is 2. The van der Waals surface area contributed by atoms with E-state index in [2.05, 4.69) is 27.2 Å². The molecule has 0 spiro atoms. The number of hydrogen-bond donors (Lipinski definition) is 1. The number of carbonyl (C=O) groups is 2. The lowest BCUT2D eigenvalue weighted by Crippen LogP contribution is -2.56. The second-order valence-corrected chi connectivity index (χ2v) is 7.53. The molecule has 1 heterocycles. The van der Waals surface area contributed by atoms with Crippen molar-refractivity contribution in [3.63, 3.8) is 0 Å². The largest absolute Gasteiger partial charge is 0.352 e. The van der Waals surface area contributed by atoms with Crippen LogP contribution in [0.3, 0.4) is 0 Å². The van der Waals surface area contributed by atoms with Crippen molar-refractivity contribution in [2.24, 2.45) is 0 Å². The van der Waals surface area contributed by atoms with Gasteiger partial charge in [0, 0.05) is 38.8 Å². The lowest BCUT2D eigenvalue weighted by atomic mass is 10.2. The van der Waals surface area contributed by atoms with Crippen LogP contribution in [0.5, 0.6) is 0 Å². The molecule has 6 heteroatoms. The quantitative estimate of drug-likeness (QED) is 0.788. The highest BCUT2D eigenvalue weighted by Gasteiger charge is 2.30. The predicted octanol–water partition coefficient (Wildman–Crippen LogP) is 0.930. The molecule has 1 aliphatic carbocycles. The van der Waals surface area contributed by atoms with Gasteiger partial charge in [-0.25, -0.2) is 0 Å². The third-order valence-corrected chi connectivity index (χ3v) is 5.22. The van der Waals surface area contributed by atoms with Gasteiger partial charge in [-0.2, -0.15) is 0 Å². The monoisotopic (exact) mass is 358 g/mol. The summed E-state index contributed by atoms with van der Waals surface area (Å²) in [4.78, 5) is 30.9. The smallest absolute Gasteiger partial charge is 0.237 e. The summed E-state index contributed by atoms with van der Waals surface area (Å²) in [6.07, 6.45) is 2.22. The van der Waals surface area contributed by atoms with Gasteiger partial charge in [-0.3, -0.25) is 19.4 Å². The van der Waals surface area contributed by atoms with E-state index in [4.69, 9.17) is 0 Å². The van der Waals surface area contributed by atoms with Crippen LogP contribution in [0.4, 0.5) is 0 Å². The first-order chi connectivity index (χ1) is 12.5. The van der Waals surface area contributed by atoms with Crippen LogP contribution in [-0.2, 0) is 16.1 Å². The normalized spacial score (nSPS) is 19.4. The van der Waals surface area contributed by atoms with Crippen molar-refractivity contribution in [3.05, 3.63) is 35.9 Å².